The lowest BCUT2D eigenvalue weighted by molar-refractivity contribution is 0.284. The molecular weight excluding hydrogens is 321 g/mol. The molecule has 0 amide bonds. The van der Waals surface area contributed by atoms with Crippen LogP contribution in [0.2, 0.25) is 5.02 Å². The van der Waals surface area contributed by atoms with Crippen LogP contribution in [0.1, 0.15) is 18.1 Å². The second-order valence-corrected chi connectivity index (χ2v) is 5.12. The topological polar surface area (TPSA) is 30.5 Å². The molecule has 5 heteroatoms. The molecule has 0 bridgehead atoms. The van der Waals surface area contributed by atoms with Crippen molar-refractivity contribution >= 4 is 24.0 Å². The number of methoxy groups -OCH3 is 1. The molecule has 120 valence electrons. The van der Waals surface area contributed by atoms with E-state index in [4.69, 9.17) is 21.1 Å². The largest absolute Gasteiger partial charge is 0.493 e. The van der Waals surface area contributed by atoms with Gasteiger partial charge in [-0.3, -0.25) is 0 Å². The van der Waals surface area contributed by atoms with Crippen molar-refractivity contribution in [3.8, 4) is 11.5 Å². The van der Waals surface area contributed by atoms with Gasteiger partial charge >= 0.3 is 0 Å². The minimum Gasteiger partial charge on any atom is -0.493 e. The number of hydrogen-bond acceptors (Lipinski definition) is 3. The summed E-state index contributed by atoms with van der Waals surface area (Å²) in [7, 11) is 1.65. The predicted octanol–water partition coefficient (Wildman–Crippen LogP) is 4.46. The Balaban J connectivity index is 0.00000242. The Hall–Kier alpha value is -1.42. The maximum absolute atomic E-state index is 5.97. The summed E-state index contributed by atoms with van der Waals surface area (Å²) < 4.78 is 11.2. The second kappa shape index (κ2) is 9.57. The quantitative estimate of drug-likeness (QED) is 0.806. The third-order valence-corrected chi connectivity index (χ3v) is 3.33. The first kappa shape index (κ1) is 18.6. The zero-order chi connectivity index (χ0) is 15.1. The van der Waals surface area contributed by atoms with Crippen molar-refractivity contribution in [2.45, 2.75) is 20.1 Å². The maximum atomic E-state index is 5.97. The van der Waals surface area contributed by atoms with Crippen molar-refractivity contribution in [2.75, 3.05) is 13.7 Å². The number of rotatable bonds is 7. The molecular formula is C17H21Cl2NO2. The standard InChI is InChI=1S/C17H20ClNO2.ClH/c1-3-19-11-13-7-8-16(17(10-13)20-2)21-12-14-5-4-6-15(18)9-14;/h4-10,19H,3,11-12H2,1-2H3;1H. The SMILES string of the molecule is CCNCc1ccc(OCc2cccc(Cl)c2)c(OC)c1.Cl. The van der Waals surface area contributed by atoms with E-state index in [0.717, 1.165) is 30.2 Å². The average Bonchev–Trinajstić information content (AvgIpc) is 2.51. The smallest absolute Gasteiger partial charge is 0.161 e. The molecule has 0 aliphatic carbocycles. The van der Waals surface area contributed by atoms with Gasteiger partial charge in [0.05, 0.1) is 7.11 Å². The minimum atomic E-state index is 0. The zero-order valence-corrected chi connectivity index (χ0v) is 14.3. The molecule has 0 fully saturated rings. The van der Waals surface area contributed by atoms with Gasteiger partial charge in [0.2, 0.25) is 0 Å². The molecule has 3 nitrogen and oxygen atoms in total. The predicted molar refractivity (Wildman–Crippen MR) is 93.4 cm³/mol. The van der Waals surface area contributed by atoms with Crippen molar-refractivity contribution in [2.24, 2.45) is 0 Å². The van der Waals surface area contributed by atoms with Gasteiger partial charge in [0.25, 0.3) is 0 Å². The van der Waals surface area contributed by atoms with Gasteiger partial charge in [0.15, 0.2) is 11.5 Å². The minimum absolute atomic E-state index is 0. The van der Waals surface area contributed by atoms with Crippen LogP contribution in [0, 0.1) is 0 Å². The lowest BCUT2D eigenvalue weighted by atomic mass is 10.2. The molecule has 2 rings (SSSR count). The molecule has 0 unspecified atom stereocenters. The molecule has 0 aliphatic rings. The molecule has 2 aromatic carbocycles. The summed E-state index contributed by atoms with van der Waals surface area (Å²) in [4.78, 5) is 0. The highest BCUT2D eigenvalue weighted by Crippen LogP contribution is 2.29. The first-order valence-electron chi connectivity index (χ1n) is 6.97. The summed E-state index contributed by atoms with van der Waals surface area (Å²) in [5, 5.41) is 4.00. The highest BCUT2D eigenvalue weighted by atomic mass is 35.5. The lowest BCUT2D eigenvalue weighted by Crippen LogP contribution is -2.11. The highest BCUT2D eigenvalue weighted by Gasteiger charge is 2.06. The van der Waals surface area contributed by atoms with Gasteiger partial charge in [-0.1, -0.05) is 36.7 Å². The van der Waals surface area contributed by atoms with Crippen molar-refractivity contribution < 1.29 is 9.47 Å². The molecule has 1 N–H and O–H groups in total. The lowest BCUT2D eigenvalue weighted by Gasteiger charge is -2.12. The Morgan fingerprint density at radius 3 is 2.55 bits per heavy atom. The van der Waals surface area contributed by atoms with E-state index in [0.29, 0.717) is 11.6 Å². The Morgan fingerprint density at radius 2 is 1.86 bits per heavy atom. The Bertz CT molecular complexity index is 591. The van der Waals surface area contributed by atoms with E-state index in [1.54, 1.807) is 7.11 Å². The van der Waals surface area contributed by atoms with E-state index in [9.17, 15) is 0 Å². The van der Waals surface area contributed by atoms with Crippen LogP contribution < -0.4 is 14.8 Å². The number of ether oxygens (including phenoxy) is 2. The van der Waals surface area contributed by atoms with Crippen molar-refractivity contribution in [1.82, 2.24) is 5.32 Å². The van der Waals surface area contributed by atoms with Gasteiger partial charge in [-0.15, -0.1) is 12.4 Å². The third kappa shape index (κ3) is 5.41. The number of halogens is 2. The number of benzene rings is 2. The molecule has 0 saturated heterocycles. The van der Waals surface area contributed by atoms with Crippen LogP contribution in [0.4, 0.5) is 0 Å². The van der Waals surface area contributed by atoms with Gasteiger partial charge in [-0.2, -0.15) is 0 Å². The summed E-state index contributed by atoms with van der Waals surface area (Å²) in [6.45, 7) is 4.31. The summed E-state index contributed by atoms with van der Waals surface area (Å²) in [6.07, 6.45) is 0. The van der Waals surface area contributed by atoms with Gasteiger partial charge in [-0.25, -0.2) is 0 Å². The van der Waals surface area contributed by atoms with Crippen molar-refractivity contribution in [3.05, 3.63) is 58.6 Å². The van der Waals surface area contributed by atoms with Crippen LogP contribution in [-0.4, -0.2) is 13.7 Å². The Kier molecular flexibility index (Phi) is 8.10. The number of nitrogens with one attached hydrogen (secondary N) is 1. The summed E-state index contributed by atoms with van der Waals surface area (Å²) in [5.74, 6) is 1.48. The van der Waals surface area contributed by atoms with Gasteiger partial charge in [-0.05, 0) is 41.9 Å². The van der Waals surface area contributed by atoms with Gasteiger partial charge in [0, 0.05) is 11.6 Å². The first-order chi connectivity index (χ1) is 10.2. The normalized spacial score (nSPS) is 9.95. The Morgan fingerprint density at radius 1 is 1.05 bits per heavy atom. The molecule has 0 heterocycles. The zero-order valence-electron chi connectivity index (χ0n) is 12.8. The average molecular weight is 342 g/mol. The van der Waals surface area contributed by atoms with E-state index in [2.05, 4.69) is 12.2 Å². The van der Waals surface area contributed by atoms with E-state index in [1.165, 1.54) is 5.56 Å². The van der Waals surface area contributed by atoms with Crippen molar-refractivity contribution in [1.29, 1.82) is 0 Å². The fourth-order valence-electron chi connectivity index (χ4n) is 2.00. The molecule has 0 aliphatic heterocycles. The molecule has 0 spiro atoms. The Labute approximate surface area is 143 Å². The fraction of sp³-hybridized carbons (Fsp3) is 0.294. The summed E-state index contributed by atoms with van der Waals surface area (Å²) in [6, 6.07) is 13.6. The first-order valence-corrected chi connectivity index (χ1v) is 7.35. The van der Waals surface area contributed by atoms with E-state index >= 15 is 0 Å². The molecule has 2 aromatic rings. The number of hydrogen-bond donors (Lipinski definition) is 1. The van der Waals surface area contributed by atoms with E-state index in [1.807, 2.05) is 42.5 Å². The van der Waals surface area contributed by atoms with Crippen LogP contribution in [0.25, 0.3) is 0 Å². The van der Waals surface area contributed by atoms with Crippen molar-refractivity contribution in [3.63, 3.8) is 0 Å². The highest BCUT2D eigenvalue weighted by molar-refractivity contribution is 6.30. The van der Waals surface area contributed by atoms with Crippen LogP contribution in [0.15, 0.2) is 42.5 Å². The molecule has 22 heavy (non-hydrogen) atoms. The van der Waals surface area contributed by atoms with E-state index in [-0.39, 0.29) is 12.4 Å². The fourth-order valence-corrected chi connectivity index (χ4v) is 2.21. The molecule has 0 radical (unpaired) electrons. The van der Waals surface area contributed by atoms with Crippen LogP contribution in [0.5, 0.6) is 11.5 Å². The summed E-state index contributed by atoms with van der Waals surface area (Å²) in [5.41, 5.74) is 2.20. The monoisotopic (exact) mass is 341 g/mol. The molecule has 0 aromatic heterocycles. The van der Waals surface area contributed by atoms with Crippen LogP contribution >= 0.6 is 24.0 Å². The third-order valence-electron chi connectivity index (χ3n) is 3.09. The van der Waals surface area contributed by atoms with Gasteiger partial charge in [0.1, 0.15) is 6.61 Å². The molecule has 0 atom stereocenters. The summed E-state index contributed by atoms with van der Waals surface area (Å²) >= 11 is 5.97. The second-order valence-electron chi connectivity index (χ2n) is 4.68. The van der Waals surface area contributed by atoms with E-state index < -0.39 is 0 Å². The van der Waals surface area contributed by atoms with Crippen LogP contribution in [-0.2, 0) is 13.2 Å². The maximum Gasteiger partial charge on any atom is 0.161 e. The molecule has 0 saturated carbocycles. The van der Waals surface area contributed by atoms with Crippen LogP contribution in [0.3, 0.4) is 0 Å². The van der Waals surface area contributed by atoms with Gasteiger partial charge < -0.3 is 14.8 Å².